The molecule has 45 heavy (non-hydrogen) atoms. The normalized spacial score (nSPS) is 20.3. The van der Waals surface area contributed by atoms with E-state index in [4.69, 9.17) is 67.8 Å². The zero-order chi connectivity index (χ0) is 32.1. The SMILES string of the molecule is CC(C)(CSSC(=S)N1CCOCC1)C(SSC(=S)N1CCOCC1)(SSC(=S)N1CCOCC1)SSC(=S)N1CCOCC1. The van der Waals surface area contributed by atoms with Gasteiger partial charge >= 0.3 is 0 Å². The van der Waals surface area contributed by atoms with Crippen LogP contribution in [-0.4, -0.2) is 151 Å². The third kappa shape index (κ3) is 12.7. The molecule has 8 nitrogen and oxygen atoms in total. The fraction of sp³-hybridized carbons (Fsp3) is 0.840. The van der Waals surface area contributed by atoms with Crippen LogP contribution in [-0.2, 0) is 18.9 Å². The first kappa shape index (κ1) is 40.0. The van der Waals surface area contributed by atoms with Gasteiger partial charge in [-0.3, -0.25) is 0 Å². The summed E-state index contributed by atoms with van der Waals surface area (Å²) >= 11 is 23.7. The van der Waals surface area contributed by atoms with Gasteiger partial charge < -0.3 is 38.5 Å². The van der Waals surface area contributed by atoms with E-state index in [1.807, 2.05) is 43.2 Å². The van der Waals surface area contributed by atoms with Gasteiger partial charge in [-0.25, -0.2) is 0 Å². The first-order chi connectivity index (χ1) is 21.7. The number of thiocarbonyl (C=S) groups is 4. The van der Waals surface area contributed by atoms with Crippen LogP contribution in [0, 0.1) is 5.41 Å². The average molecular weight is 845 g/mol. The molecule has 0 bridgehead atoms. The van der Waals surface area contributed by atoms with Gasteiger partial charge in [0.15, 0.2) is 0 Å². The van der Waals surface area contributed by atoms with Gasteiger partial charge in [-0.2, -0.15) is 0 Å². The molecule has 0 atom stereocenters. The summed E-state index contributed by atoms with van der Waals surface area (Å²) in [4.78, 5) is 9.02. The Bertz CT molecular complexity index is 908. The lowest BCUT2D eigenvalue weighted by molar-refractivity contribution is 0.0702. The lowest BCUT2D eigenvalue weighted by Crippen LogP contribution is -2.41. The molecule has 4 aliphatic rings. The second-order valence-electron chi connectivity index (χ2n) is 10.7. The van der Waals surface area contributed by atoms with Crippen LogP contribution in [0.1, 0.15) is 13.8 Å². The molecule has 0 aromatic heterocycles. The summed E-state index contributed by atoms with van der Waals surface area (Å²) in [6, 6.07) is 0. The summed E-state index contributed by atoms with van der Waals surface area (Å²) < 4.78 is 25.5. The Morgan fingerprint density at radius 3 is 1.04 bits per heavy atom. The maximum atomic E-state index is 5.98. The van der Waals surface area contributed by atoms with Crippen molar-refractivity contribution >= 4 is 153 Å². The molecule has 4 heterocycles. The Hall–Kier alpha value is 2.20. The van der Waals surface area contributed by atoms with Gasteiger partial charge in [0, 0.05) is 63.5 Å². The van der Waals surface area contributed by atoms with Crippen LogP contribution in [0.15, 0.2) is 0 Å². The molecule has 4 fully saturated rings. The van der Waals surface area contributed by atoms with Crippen LogP contribution in [0.5, 0.6) is 0 Å². The average Bonchev–Trinajstić information content (AvgIpc) is 3.08. The highest BCUT2D eigenvalue weighted by Gasteiger charge is 2.50. The molecule has 0 saturated carbocycles. The molecular formula is C25H40N4O4S12. The molecule has 0 aliphatic carbocycles. The summed E-state index contributed by atoms with van der Waals surface area (Å²) in [5, 5.41) is 0. The fourth-order valence-corrected chi connectivity index (χ4v) is 21.2. The highest BCUT2D eigenvalue weighted by atomic mass is 33.2. The number of morpholine rings is 4. The van der Waals surface area contributed by atoms with Crippen LogP contribution in [0.25, 0.3) is 0 Å². The van der Waals surface area contributed by atoms with E-state index >= 15 is 0 Å². The van der Waals surface area contributed by atoms with E-state index in [1.54, 1.807) is 43.2 Å². The largest absolute Gasteiger partial charge is 0.378 e. The van der Waals surface area contributed by atoms with Gasteiger partial charge in [0.2, 0.25) is 0 Å². The lowest BCUT2D eigenvalue weighted by Gasteiger charge is -2.44. The van der Waals surface area contributed by atoms with E-state index in [9.17, 15) is 0 Å². The van der Waals surface area contributed by atoms with Gasteiger partial charge in [-0.05, 0) is 43.2 Å². The van der Waals surface area contributed by atoms with Gasteiger partial charge in [-0.1, -0.05) is 106 Å². The first-order valence-electron chi connectivity index (χ1n) is 14.5. The molecule has 0 unspecified atom stereocenters. The van der Waals surface area contributed by atoms with Crippen LogP contribution in [0.4, 0.5) is 0 Å². The van der Waals surface area contributed by atoms with Crippen LogP contribution < -0.4 is 0 Å². The highest BCUT2D eigenvalue weighted by Crippen LogP contribution is 2.68. The van der Waals surface area contributed by atoms with Crippen molar-refractivity contribution in [2.75, 3.05) is 111 Å². The number of hydrogen-bond donors (Lipinski definition) is 0. The highest BCUT2D eigenvalue weighted by molar-refractivity contribution is 8.99. The zero-order valence-corrected chi connectivity index (χ0v) is 35.1. The molecule has 0 N–H and O–H groups in total. The maximum Gasteiger partial charge on any atom is 0.147 e. The first-order valence-corrected chi connectivity index (χ1v) is 24.9. The summed E-state index contributed by atoms with van der Waals surface area (Å²) in [6.45, 7) is 17.0. The third-order valence-corrected chi connectivity index (χ3v) is 24.5. The maximum absolute atomic E-state index is 5.98. The van der Waals surface area contributed by atoms with E-state index in [0.29, 0.717) is 39.6 Å². The van der Waals surface area contributed by atoms with Crippen molar-refractivity contribution in [1.29, 1.82) is 0 Å². The van der Waals surface area contributed by atoms with Gasteiger partial charge in [-0.15, -0.1) is 0 Å². The Morgan fingerprint density at radius 1 is 0.489 bits per heavy atom. The van der Waals surface area contributed by atoms with E-state index in [2.05, 4.69) is 33.4 Å². The quantitative estimate of drug-likeness (QED) is 0.134. The summed E-state index contributed by atoms with van der Waals surface area (Å²) in [5.41, 5.74) is -0.194. The monoisotopic (exact) mass is 844 g/mol. The number of hydrogen-bond acceptors (Lipinski definition) is 16. The van der Waals surface area contributed by atoms with Crippen molar-refractivity contribution in [3.8, 4) is 0 Å². The van der Waals surface area contributed by atoms with Crippen LogP contribution >= 0.6 is 135 Å². The Morgan fingerprint density at radius 2 is 0.756 bits per heavy atom. The van der Waals surface area contributed by atoms with Gasteiger partial charge in [0.1, 0.15) is 20.7 Å². The number of nitrogens with zero attached hydrogens (tertiary/aromatic N) is 4. The van der Waals surface area contributed by atoms with E-state index in [-0.39, 0.29) is 8.83 Å². The second-order valence-corrected chi connectivity index (χ2v) is 23.4. The Labute approximate surface area is 321 Å². The molecule has 4 rings (SSSR count). The molecule has 256 valence electrons. The molecule has 0 aromatic rings. The number of rotatable bonds is 10. The second kappa shape index (κ2) is 20.9. The van der Waals surface area contributed by atoms with Crippen molar-refractivity contribution in [2.24, 2.45) is 5.41 Å². The van der Waals surface area contributed by atoms with Crippen molar-refractivity contribution in [3.05, 3.63) is 0 Å². The van der Waals surface area contributed by atoms with Gasteiger partial charge in [0.25, 0.3) is 0 Å². The minimum atomic E-state index is -0.385. The number of ether oxygens (including phenoxy) is 4. The Kier molecular flexibility index (Phi) is 18.6. The predicted octanol–water partition coefficient (Wildman–Crippen LogP) is 6.66. The van der Waals surface area contributed by atoms with Crippen LogP contribution in [0.3, 0.4) is 0 Å². The summed E-state index contributed by atoms with van der Waals surface area (Å²) in [5.74, 6) is 0.871. The van der Waals surface area contributed by atoms with Crippen molar-refractivity contribution in [1.82, 2.24) is 19.6 Å². The molecule has 0 radical (unpaired) electrons. The lowest BCUT2D eigenvalue weighted by atomic mass is 9.99. The van der Waals surface area contributed by atoms with E-state index in [1.165, 1.54) is 0 Å². The topological polar surface area (TPSA) is 49.9 Å². The predicted molar refractivity (Wildman–Crippen MR) is 222 cm³/mol. The van der Waals surface area contributed by atoms with Crippen molar-refractivity contribution < 1.29 is 18.9 Å². The molecule has 0 spiro atoms. The standard InChI is InChI=1S/C25H40N4O4S12/c1-24(2,19-38-39-20(34)26-3-11-30-12-4-26)25(43-40-21(35)27-5-13-31-14-6-27,44-41-22(36)28-7-15-32-16-8-28)45-42-23(37)29-9-17-33-18-10-29/h3-19H2,1-2H3. The van der Waals surface area contributed by atoms with Crippen LogP contribution in [0.2, 0.25) is 0 Å². The minimum absolute atomic E-state index is 0.194. The van der Waals surface area contributed by atoms with E-state index in [0.717, 1.165) is 88.6 Å². The third-order valence-electron chi connectivity index (χ3n) is 7.12. The van der Waals surface area contributed by atoms with E-state index < -0.39 is 0 Å². The molecule has 0 aromatic carbocycles. The minimum Gasteiger partial charge on any atom is -0.378 e. The summed E-state index contributed by atoms with van der Waals surface area (Å²) in [6.07, 6.45) is 0. The molecule has 4 saturated heterocycles. The molecule has 4 aliphatic heterocycles. The summed E-state index contributed by atoms with van der Waals surface area (Å²) in [7, 11) is 14.1. The molecule has 20 heteroatoms. The van der Waals surface area contributed by atoms with Gasteiger partial charge in [0.05, 0.1) is 52.9 Å². The smallest absolute Gasteiger partial charge is 0.147 e. The molecular weight excluding hydrogens is 805 g/mol. The van der Waals surface area contributed by atoms with Crippen molar-refractivity contribution in [3.63, 3.8) is 0 Å². The zero-order valence-electron chi connectivity index (χ0n) is 25.3. The van der Waals surface area contributed by atoms with Crippen molar-refractivity contribution in [2.45, 2.75) is 17.3 Å². The Balaban J connectivity index is 1.52. The molecule has 0 amide bonds. The fourth-order valence-electron chi connectivity index (χ4n) is 4.16.